The summed E-state index contributed by atoms with van der Waals surface area (Å²) in [6.45, 7) is 6.98. The standard InChI is InChI=1S/C16H23ClN2O/c1-11-9-19(10-12(2)20-11)15-6-3-13(16(17)7-15)8-18-14-4-5-14/h3,6-7,11-12,14,18H,4-5,8-10H2,1-2H3. The number of nitrogens with one attached hydrogen (secondary N) is 1. The lowest BCUT2D eigenvalue weighted by atomic mass is 10.1. The maximum atomic E-state index is 6.43. The fraction of sp³-hybridized carbons (Fsp3) is 0.625. The first-order valence-corrected chi connectivity index (χ1v) is 7.92. The van der Waals surface area contributed by atoms with Crippen LogP contribution in [0.3, 0.4) is 0 Å². The van der Waals surface area contributed by atoms with Gasteiger partial charge in [0.15, 0.2) is 0 Å². The van der Waals surface area contributed by atoms with Gasteiger partial charge in [-0.3, -0.25) is 0 Å². The lowest BCUT2D eigenvalue weighted by molar-refractivity contribution is -0.00521. The molecule has 0 bridgehead atoms. The Bertz CT molecular complexity index is 466. The Balaban J connectivity index is 1.68. The molecule has 1 saturated heterocycles. The van der Waals surface area contributed by atoms with E-state index in [2.05, 4.69) is 42.3 Å². The molecule has 20 heavy (non-hydrogen) atoms. The van der Waals surface area contributed by atoms with Gasteiger partial charge >= 0.3 is 0 Å². The molecule has 1 aliphatic carbocycles. The van der Waals surface area contributed by atoms with Crippen LogP contribution >= 0.6 is 11.6 Å². The first-order chi connectivity index (χ1) is 9.61. The summed E-state index contributed by atoms with van der Waals surface area (Å²) in [6, 6.07) is 7.14. The molecule has 1 aliphatic heterocycles. The highest BCUT2D eigenvalue weighted by Gasteiger charge is 2.23. The van der Waals surface area contributed by atoms with E-state index < -0.39 is 0 Å². The van der Waals surface area contributed by atoms with Crippen LogP contribution in [0.2, 0.25) is 5.02 Å². The number of ether oxygens (including phenoxy) is 1. The van der Waals surface area contributed by atoms with Crippen molar-refractivity contribution >= 4 is 17.3 Å². The number of hydrogen-bond acceptors (Lipinski definition) is 3. The van der Waals surface area contributed by atoms with Crippen LogP contribution in [-0.2, 0) is 11.3 Å². The van der Waals surface area contributed by atoms with E-state index in [-0.39, 0.29) is 12.2 Å². The lowest BCUT2D eigenvalue weighted by Gasteiger charge is -2.37. The zero-order chi connectivity index (χ0) is 14.1. The molecule has 3 nitrogen and oxygen atoms in total. The second-order valence-electron chi connectivity index (χ2n) is 6.09. The van der Waals surface area contributed by atoms with Gasteiger partial charge in [-0.15, -0.1) is 0 Å². The topological polar surface area (TPSA) is 24.5 Å². The molecule has 1 aromatic rings. The molecule has 4 heteroatoms. The molecular weight excluding hydrogens is 272 g/mol. The van der Waals surface area contributed by atoms with Crippen LogP contribution in [-0.4, -0.2) is 31.3 Å². The Morgan fingerprint density at radius 3 is 2.55 bits per heavy atom. The smallest absolute Gasteiger partial charge is 0.0726 e. The summed E-state index contributed by atoms with van der Waals surface area (Å²) in [4.78, 5) is 2.36. The zero-order valence-corrected chi connectivity index (χ0v) is 13.0. The molecule has 2 fully saturated rings. The molecule has 110 valence electrons. The second kappa shape index (κ2) is 5.92. The van der Waals surface area contributed by atoms with Gasteiger partial charge in [0.05, 0.1) is 12.2 Å². The minimum absolute atomic E-state index is 0.272. The maximum Gasteiger partial charge on any atom is 0.0726 e. The fourth-order valence-electron chi connectivity index (χ4n) is 2.81. The molecule has 1 saturated carbocycles. The third-order valence-electron chi connectivity index (χ3n) is 3.98. The van der Waals surface area contributed by atoms with Crippen LogP contribution in [0.25, 0.3) is 0 Å². The summed E-state index contributed by atoms with van der Waals surface area (Å²) < 4.78 is 5.78. The molecule has 3 rings (SSSR count). The van der Waals surface area contributed by atoms with Crippen molar-refractivity contribution in [2.75, 3.05) is 18.0 Å². The Hall–Kier alpha value is -0.770. The predicted octanol–water partition coefficient (Wildman–Crippen LogP) is 3.21. The van der Waals surface area contributed by atoms with E-state index >= 15 is 0 Å². The van der Waals surface area contributed by atoms with Crippen molar-refractivity contribution in [3.05, 3.63) is 28.8 Å². The molecule has 1 heterocycles. The molecule has 0 aromatic heterocycles. The summed E-state index contributed by atoms with van der Waals surface area (Å²) >= 11 is 6.43. The normalized spacial score (nSPS) is 26.9. The SMILES string of the molecule is CC1CN(c2ccc(CNC3CC3)c(Cl)c2)CC(C)O1. The van der Waals surface area contributed by atoms with Gasteiger partial charge < -0.3 is 15.0 Å². The number of halogens is 1. The molecule has 1 N–H and O–H groups in total. The highest BCUT2D eigenvalue weighted by atomic mass is 35.5. The Morgan fingerprint density at radius 2 is 1.95 bits per heavy atom. The van der Waals surface area contributed by atoms with Crippen molar-refractivity contribution in [2.24, 2.45) is 0 Å². The molecular formula is C16H23ClN2O. The van der Waals surface area contributed by atoms with Crippen LogP contribution in [0.15, 0.2) is 18.2 Å². The third kappa shape index (κ3) is 3.46. The highest BCUT2D eigenvalue weighted by Crippen LogP contribution is 2.27. The molecule has 1 aromatic carbocycles. The van der Waals surface area contributed by atoms with Crippen LogP contribution in [0.5, 0.6) is 0 Å². The minimum Gasteiger partial charge on any atom is -0.372 e. The molecule has 0 amide bonds. The maximum absolute atomic E-state index is 6.43. The average Bonchev–Trinajstić information content (AvgIpc) is 3.20. The van der Waals surface area contributed by atoms with Crippen molar-refractivity contribution in [2.45, 2.75) is 51.5 Å². The Morgan fingerprint density at radius 1 is 1.25 bits per heavy atom. The summed E-state index contributed by atoms with van der Waals surface area (Å²) in [5.74, 6) is 0. The van der Waals surface area contributed by atoms with Gasteiger partial charge in [0.1, 0.15) is 0 Å². The Kier molecular flexibility index (Phi) is 4.20. The molecule has 2 aliphatic rings. The van der Waals surface area contributed by atoms with Gasteiger partial charge in [-0.2, -0.15) is 0 Å². The van der Waals surface area contributed by atoms with Crippen molar-refractivity contribution in [1.29, 1.82) is 0 Å². The summed E-state index contributed by atoms with van der Waals surface area (Å²) in [7, 11) is 0. The quantitative estimate of drug-likeness (QED) is 0.923. The number of rotatable bonds is 4. The van der Waals surface area contributed by atoms with E-state index in [4.69, 9.17) is 16.3 Å². The molecule has 2 atom stereocenters. The van der Waals surface area contributed by atoms with Gasteiger partial charge in [-0.05, 0) is 44.4 Å². The largest absolute Gasteiger partial charge is 0.372 e. The highest BCUT2D eigenvalue weighted by molar-refractivity contribution is 6.31. The van der Waals surface area contributed by atoms with E-state index in [1.165, 1.54) is 24.1 Å². The van der Waals surface area contributed by atoms with Gasteiger partial charge in [0.2, 0.25) is 0 Å². The van der Waals surface area contributed by atoms with E-state index in [1.54, 1.807) is 0 Å². The van der Waals surface area contributed by atoms with Crippen LogP contribution < -0.4 is 10.2 Å². The van der Waals surface area contributed by atoms with Gasteiger partial charge in [-0.1, -0.05) is 17.7 Å². The number of morpholine rings is 1. The summed E-state index contributed by atoms with van der Waals surface area (Å²) in [5, 5.41) is 4.37. The summed E-state index contributed by atoms with van der Waals surface area (Å²) in [5.41, 5.74) is 2.39. The molecule has 2 unspecified atom stereocenters. The molecule has 0 spiro atoms. The zero-order valence-electron chi connectivity index (χ0n) is 12.2. The monoisotopic (exact) mass is 294 g/mol. The van der Waals surface area contributed by atoms with E-state index in [1.807, 2.05) is 0 Å². The predicted molar refractivity (Wildman–Crippen MR) is 83.5 cm³/mol. The van der Waals surface area contributed by atoms with Crippen molar-refractivity contribution < 1.29 is 4.74 Å². The van der Waals surface area contributed by atoms with E-state index in [9.17, 15) is 0 Å². The van der Waals surface area contributed by atoms with Gasteiger partial charge in [0, 0.05) is 36.4 Å². The molecule has 0 radical (unpaired) electrons. The van der Waals surface area contributed by atoms with Gasteiger partial charge in [-0.25, -0.2) is 0 Å². The number of anilines is 1. The van der Waals surface area contributed by atoms with Crippen LogP contribution in [0.1, 0.15) is 32.3 Å². The number of nitrogens with zero attached hydrogens (tertiary/aromatic N) is 1. The Labute approximate surface area is 126 Å². The lowest BCUT2D eigenvalue weighted by Crippen LogP contribution is -2.45. The first kappa shape index (κ1) is 14.2. The fourth-order valence-corrected chi connectivity index (χ4v) is 3.05. The first-order valence-electron chi connectivity index (χ1n) is 7.54. The van der Waals surface area contributed by atoms with Crippen molar-refractivity contribution in [1.82, 2.24) is 5.32 Å². The average molecular weight is 295 g/mol. The second-order valence-corrected chi connectivity index (χ2v) is 6.50. The number of benzene rings is 1. The van der Waals surface area contributed by atoms with Gasteiger partial charge in [0.25, 0.3) is 0 Å². The number of hydrogen-bond donors (Lipinski definition) is 1. The van der Waals surface area contributed by atoms with Crippen LogP contribution in [0.4, 0.5) is 5.69 Å². The van der Waals surface area contributed by atoms with E-state index in [0.29, 0.717) is 6.04 Å². The summed E-state index contributed by atoms with van der Waals surface area (Å²) in [6.07, 6.45) is 3.15. The van der Waals surface area contributed by atoms with Crippen molar-refractivity contribution in [3.63, 3.8) is 0 Å². The van der Waals surface area contributed by atoms with Crippen molar-refractivity contribution in [3.8, 4) is 0 Å². The van der Waals surface area contributed by atoms with E-state index in [0.717, 1.165) is 24.7 Å². The van der Waals surface area contributed by atoms with Crippen LogP contribution in [0, 0.1) is 0 Å². The third-order valence-corrected chi connectivity index (χ3v) is 4.33. The minimum atomic E-state index is 0.272.